The van der Waals surface area contributed by atoms with Gasteiger partial charge in [-0.05, 0) is 59.9 Å². The van der Waals surface area contributed by atoms with Gasteiger partial charge in [0.1, 0.15) is 5.82 Å². The summed E-state index contributed by atoms with van der Waals surface area (Å²) in [5.41, 5.74) is 3.07. The fourth-order valence-electron chi connectivity index (χ4n) is 3.51. The maximum atomic E-state index is 13.3. The molecule has 7 heteroatoms. The third-order valence-electron chi connectivity index (χ3n) is 4.81. The van der Waals surface area contributed by atoms with Gasteiger partial charge in [0.15, 0.2) is 0 Å². The lowest BCUT2D eigenvalue weighted by Gasteiger charge is -2.15. The van der Waals surface area contributed by atoms with E-state index in [0.29, 0.717) is 12.2 Å². The Morgan fingerprint density at radius 2 is 2.11 bits per heavy atom. The lowest BCUT2D eigenvalue weighted by molar-refractivity contribution is 0.248. The van der Waals surface area contributed by atoms with Gasteiger partial charge in [0.25, 0.3) is 0 Å². The van der Waals surface area contributed by atoms with E-state index in [2.05, 4.69) is 15.6 Å². The highest BCUT2D eigenvalue weighted by Crippen LogP contribution is 2.31. The molecule has 1 aliphatic carbocycles. The largest absolute Gasteiger partial charge is 0.347 e. The Bertz CT molecular complexity index is 1080. The van der Waals surface area contributed by atoms with Crippen molar-refractivity contribution in [2.24, 2.45) is 0 Å². The van der Waals surface area contributed by atoms with E-state index in [9.17, 15) is 14.0 Å². The molecule has 142 valence electrons. The minimum absolute atomic E-state index is 0.132. The van der Waals surface area contributed by atoms with Gasteiger partial charge in [-0.1, -0.05) is 18.2 Å². The summed E-state index contributed by atoms with van der Waals surface area (Å²) >= 11 is 0. The van der Waals surface area contributed by atoms with Crippen LogP contribution in [0.1, 0.15) is 29.2 Å². The highest BCUT2D eigenvalue weighted by Gasteiger charge is 2.24. The predicted octanol–water partition coefficient (Wildman–Crippen LogP) is 3.24. The number of amides is 2. The van der Waals surface area contributed by atoms with Gasteiger partial charge in [0.2, 0.25) is 0 Å². The summed E-state index contributed by atoms with van der Waals surface area (Å²) < 4.78 is 14.8. The van der Waals surface area contributed by atoms with Crippen LogP contribution in [-0.2, 0) is 13.0 Å². The summed E-state index contributed by atoms with van der Waals surface area (Å²) in [4.78, 5) is 27.9. The Hall–Kier alpha value is -3.48. The third kappa shape index (κ3) is 3.93. The molecule has 3 aromatic rings. The van der Waals surface area contributed by atoms with Crippen molar-refractivity contribution in [3.05, 3.63) is 93.9 Å². The lowest BCUT2D eigenvalue weighted by Crippen LogP contribution is -2.31. The number of carbonyl (C=O) groups is 1. The van der Waals surface area contributed by atoms with Crippen molar-refractivity contribution in [3.63, 3.8) is 0 Å². The Morgan fingerprint density at radius 3 is 2.96 bits per heavy atom. The van der Waals surface area contributed by atoms with Crippen LogP contribution < -0.4 is 16.3 Å². The molecule has 28 heavy (non-hydrogen) atoms. The number of halogens is 1. The predicted molar refractivity (Wildman–Crippen MR) is 104 cm³/mol. The van der Waals surface area contributed by atoms with Crippen LogP contribution in [0.2, 0.25) is 0 Å². The standard InChI is InChI=1S/C21H19FN4O2/c22-16-6-7-18-15(12-16)5-8-19(18)25-20(27)24-17-4-1-3-14(11-17)13-26-10-2-9-23-21(26)28/h1-4,6-7,9-12,19H,5,8,13H2,(H2,24,25,27). The number of hydrogen-bond acceptors (Lipinski definition) is 3. The van der Waals surface area contributed by atoms with Crippen molar-refractivity contribution in [2.45, 2.75) is 25.4 Å². The first-order valence-corrected chi connectivity index (χ1v) is 9.05. The summed E-state index contributed by atoms with van der Waals surface area (Å²) in [6.45, 7) is 0.366. The summed E-state index contributed by atoms with van der Waals surface area (Å²) in [6, 6.07) is 13.2. The fourth-order valence-corrected chi connectivity index (χ4v) is 3.51. The second-order valence-electron chi connectivity index (χ2n) is 6.76. The number of urea groups is 1. The molecule has 2 N–H and O–H groups in total. The number of rotatable bonds is 4. The molecule has 6 nitrogen and oxygen atoms in total. The minimum Gasteiger partial charge on any atom is -0.331 e. The normalized spacial score (nSPS) is 15.1. The lowest BCUT2D eigenvalue weighted by atomic mass is 10.1. The Balaban J connectivity index is 1.42. The molecule has 0 bridgehead atoms. The average molecular weight is 378 g/mol. The van der Waals surface area contributed by atoms with Gasteiger partial charge in [0.05, 0.1) is 12.6 Å². The number of aryl methyl sites for hydroxylation is 1. The van der Waals surface area contributed by atoms with Crippen LogP contribution in [0, 0.1) is 5.82 Å². The molecule has 1 unspecified atom stereocenters. The van der Waals surface area contributed by atoms with Crippen molar-refractivity contribution in [2.75, 3.05) is 5.32 Å². The van der Waals surface area contributed by atoms with Crippen LogP contribution in [0.25, 0.3) is 0 Å². The van der Waals surface area contributed by atoms with Crippen LogP contribution >= 0.6 is 0 Å². The number of anilines is 1. The molecule has 0 fully saturated rings. The van der Waals surface area contributed by atoms with Crippen molar-refractivity contribution < 1.29 is 9.18 Å². The number of nitrogens with one attached hydrogen (secondary N) is 2. The van der Waals surface area contributed by atoms with Gasteiger partial charge in [-0.25, -0.2) is 19.0 Å². The Kier molecular flexibility index (Phi) is 4.89. The third-order valence-corrected chi connectivity index (χ3v) is 4.81. The number of aromatic nitrogens is 2. The molecule has 1 aliphatic rings. The topological polar surface area (TPSA) is 76.0 Å². The number of carbonyl (C=O) groups excluding carboxylic acids is 1. The smallest absolute Gasteiger partial charge is 0.331 e. The number of nitrogens with zero attached hydrogens (tertiary/aromatic N) is 2. The van der Waals surface area contributed by atoms with Crippen LogP contribution in [-0.4, -0.2) is 15.6 Å². The SMILES string of the molecule is O=C(Nc1cccc(Cn2cccnc2=O)c1)NC1CCc2cc(F)ccc21. The first kappa shape index (κ1) is 17.9. The first-order valence-electron chi connectivity index (χ1n) is 9.05. The quantitative estimate of drug-likeness (QED) is 0.732. The van der Waals surface area contributed by atoms with Crippen LogP contribution in [0.3, 0.4) is 0 Å². The maximum Gasteiger partial charge on any atom is 0.347 e. The first-order chi connectivity index (χ1) is 13.6. The zero-order valence-corrected chi connectivity index (χ0v) is 15.1. The second kappa shape index (κ2) is 7.64. The molecule has 0 radical (unpaired) electrons. The summed E-state index contributed by atoms with van der Waals surface area (Å²) in [5.74, 6) is -0.256. The molecule has 2 amide bonds. The Morgan fingerprint density at radius 1 is 1.21 bits per heavy atom. The number of fused-ring (bicyclic) bond motifs is 1. The molecule has 0 saturated carbocycles. The summed E-state index contributed by atoms with van der Waals surface area (Å²) in [7, 11) is 0. The Labute approximate surface area is 161 Å². The van der Waals surface area contributed by atoms with E-state index in [4.69, 9.17) is 0 Å². The fraction of sp³-hybridized carbons (Fsp3) is 0.190. The molecule has 1 aromatic heterocycles. The van der Waals surface area contributed by atoms with Crippen LogP contribution in [0.15, 0.2) is 65.7 Å². The van der Waals surface area contributed by atoms with Gasteiger partial charge in [-0.15, -0.1) is 0 Å². The van der Waals surface area contributed by atoms with Gasteiger partial charge in [0, 0.05) is 18.1 Å². The van der Waals surface area contributed by atoms with Crippen molar-refractivity contribution >= 4 is 11.7 Å². The van der Waals surface area contributed by atoms with E-state index in [1.165, 1.54) is 22.9 Å². The van der Waals surface area contributed by atoms with Gasteiger partial charge in [-0.2, -0.15) is 0 Å². The minimum atomic E-state index is -0.324. The molecular weight excluding hydrogens is 359 g/mol. The molecule has 0 saturated heterocycles. The zero-order valence-electron chi connectivity index (χ0n) is 15.1. The second-order valence-corrected chi connectivity index (χ2v) is 6.76. The molecule has 1 atom stereocenters. The molecular formula is C21H19FN4O2. The zero-order chi connectivity index (χ0) is 19.5. The average Bonchev–Trinajstić information content (AvgIpc) is 3.05. The molecule has 2 aromatic carbocycles. The van der Waals surface area contributed by atoms with E-state index >= 15 is 0 Å². The van der Waals surface area contributed by atoms with Crippen molar-refractivity contribution in [1.29, 1.82) is 0 Å². The number of benzene rings is 2. The molecule has 4 rings (SSSR count). The van der Waals surface area contributed by atoms with Crippen LogP contribution in [0.4, 0.5) is 14.9 Å². The molecule has 1 heterocycles. The van der Waals surface area contributed by atoms with E-state index in [1.807, 2.05) is 18.2 Å². The highest BCUT2D eigenvalue weighted by atomic mass is 19.1. The van der Waals surface area contributed by atoms with Crippen LogP contribution in [0.5, 0.6) is 0 Å². The summed E-state index contributed by atoms with van der Waals surface area (Å²) in [6.07, 6.45) is 4.61. The number of hydrogen-bond donors (Lipinski definition) is 2. The van der Waals surface area contributed by atoms with Crippen molar-refractivity contribution in [3.8, 4) is 0 Å². The molecule has 0 aliphatic heterocycles. The van der Waals surface area contributed by atoms with Gasteiger partial charge >= 0.3 is 11.7 Å². The van der Waals surface area contributed by atoms with E-state index in [-0.39, 0.29) is 23.6 Å². The molecule has 0 spiro atoms. The van der Waals surface area contributed by atoms with Gasteiger partial charge < -0.3 is 10.6 Å². The van der Waals surface area contributed by atoms with Gasteiger partial charge in [-0.3, -0.25) is 4.57 Å². The van der Waals surface area contributed by atoms with E-state index < -0.39 is 0 Å². The monoisotopic (exact) mass is 378 g/mol. The van der Waals surface area contributed by atoms with E-state index in [1.54, 1.807) is 24.4 Å². The van der Waals surface area contributed by atoms with E-state index in [0.717, 1.165) is 29.5 Å². The highest BCUT2D eigenvalue weighted by molar-refractivity contribution is 5.89. The summed E-state index contributed by atoms with van der Waals surface area (Å²) in [5, 5.41) is 5.77. The maximum absolute atomic E-state index is 13.3. The van der Waals surface area contributed by atoms with Crippen molar-refractivity contribution in [1.82, 2.24) is 14.9 Å².